The van der Waals surface area contributed by atoms with Crippen LogP contribution in [0.3, 0.4) is 0 Å². The van der Waals surface area contributed by atoms with Gasteiger partial charge in [-0.3, -0.25) is 4.44 Å². The van der Waals surface area contributed by atoms with Crippen LogP contribution in [0.15, 0.2) is 60.7 Å². The van der Waals surface area contributed by atoms with Crippen LogP contribution in [0.1, 0.15) is 64.0 Å². The lowest BCUT2D eigenvalue weighted by Crippen LogP contribution is -2.31. The number of hydrogen-bond acceptors (Lipinski definition) is 1. The van der Waals surface area contributed by atoms with E-state index in [1.54, 1.807) is 10.6 Å². The maximum absolute atomic E-state index is 4.46. The van der Waals surface area contributed by atoms with Gasteiger partial charge in [-0.05, 0) is 81.9 Å². The number of hydrogen-bond donors (Lipinski definition) is 0. The molecule has 1 aliphatic rings. The molecule has 0 radical (unpaired) electrons. The van der Waals surface area contributed by atoms with Crippen LogP contribution in [0.2, 0.25) is 0 Å². The van der Waals surface area contributed by atoms with E-state index < -0.39 is 8.07 Å². The van der Waals surface area contributed by atoms with Crippen molar-refractivity contribution in [3.8, 4) is 0 Å². The minimum absolute atomic E-state index is 0.235. The SMILES string of the molecule is C=C(C)[C@@H]1CC[C@@H](CC)P1N(CCCC)P(c1ccccc1C)c1ccccc1C. The lowest BCUT2D eigenvalue weighted by Gasteiger charge is -2.43. The standard InChI is InChI=1S/C27H39NP2/c1-7-9-20-28(29-24(8-2)18-19-25(29)21(3)4)30(26-16-12-10-14-22(26)5)27-17-13-11-15-23(27)6/h10-17,24-25H,3,7-9,18-20H2,1-2,4-6H3/t24-,25+,29?/m1/s1. The van der Waals surface area contributed by atoms with E-state index in [-0.39, 0.29) is 8.07 Å². The molecule has 1 unspecified atom stereocenters. The van der Waals surface area contributed by atoms with Gasteiger partial charge in [0, 0.05) is 20.3 Å². The zero-order valence-electron chi connectivity index (χ0n) is 19.6. The van der Waals surface area contributed by atoms with Gasteiger partial charge in [0.2, 0.25) is 0 Å². The smallest absolute Gasteiger partial charge is 0.0323 e. The largest absolute Gasteiger partial charge is 0.252 e. The predicted octanol–water partition coefficient (Wildman–Crippen LogP) is 7.67. The van der Waals surface area contributed by atoms with Crippen molar-refractivity contribution in [1.82, 2.24) is 4.44 Å². The van der Waals surface area contributed by atoms with Crippen LogP contribution < -0.4 is 10.6 Å². The third kappa shape index (κ3) is 5.07. The summed E-state index contributed by atoms with van der Waals surface area (Å²) < 4.78 is 3.01. The van der Waals surface area contributed by atoms with E-state index in [1.165, 1.54) is 55.3 Å². The maximum Gasteiger partial charge on any atom is 0.0323 e. The number of unbranched alkanes of at least 4 members (excludes halogenated alkanes) is 1. The van der Waals surface area contributed by atoms with E-state index in [9.17, 15) is 0 Å². The van der Waals surface area contributed by atoms with Crippen molar-refractivity contribution < 1.29 is 0 Å². The minimum Gasteiger partial charge on any atom is -0.252 e. The fraction of sp³-hybridized carbons (Fsp3) is 0.481. The molecule has 3 heteroatoms. The Labute approximate surface area is 187 Å². The molecule has 1 fully saturated rings. The second kappa shape index (κ2) is 11.0. The van der Waals surface area contributed by atoms with Crippen LogP contribution >= 0.6 is 16.1 Å². The molecule has 2 aromatic carbocycles. The Balaban J connectivity index is 2.18. The van der Waals surface area contributed by atoms with Crippen LogP contribution in [0.4, 0.5) is 0 Å². The Kier molecular flexibility index (Phi) is 8.71. The second-order valence-corrected chi connectivity index (χ2v) is 13.7. The van der Waals surface area contributed by atoms with E-state index in [1.807, 2.05) is 0 Å². The molecule has 0 N–H and O–H groups in total. The second-order valence-electron chi connectivity index (χ2n) is 8.72. The molecule has 0 bridgehead atoms. The minimum atomic E-state index is -0.541. The maximum atomic E-state index is 4.46. The Hall–Kier alpha value is -1.00. The molecule has 2 aromatic rings. The summed E-state index contributed by atoms with van der Waals surface area (Å²) in [6.07, 6.45) is 6.51. The van der Waals surface area contributed by atoms with Gasteiger partial charge in [-0.2, -0.15) is 0 Å². The highest BCUT2D eigenvalue weighted by Crippen LogP contribution is 2.67. The fourth-order valence-electron chi connectivity index (χ4n) is 4.68. The van der Waals surface area contributed by atoms with Gasteiger partial charge in [0.25, 0.3) is 0 Å². The topological polar surface area (TPSA) is 3.24 Å². The molecule has 162 valence electrons. The molecule has 3 atom stereocenters. The Morgan fingerprint density at radius 2 is 1.57 bits per heavy atom. The van der Waals surface area contributed by atoms with Gasteiger partial charge in [0.15, 0.2) is 0 Å². The monoisotopic (exact) mass is 439 g/mol. The molecule has 0 aliphatic carbocycles. The van der Waals surface area contributed by atoms with Crippen LogP contribution in [-0.4, -0.2) is 22.3 Å². The van der Waals surface area contributed by atoms with Gasteiger partial charge in [-0.15, -0.1) is 0 Å². The summed E-state index contributed by atoms with van der Waals surface area (Å²) in [7, 11) is -0.777. The van der Waals surface area contributed by atoms with Crippen molar-refractivity contribution in [3.05, 3.63) is 71.8 Å². The van der Waals surface area contributed by atoms with Gasteiger partial charge < -0.3 is 0 Å². The molecule has 0 amide bonds. The van der Waals surface area contributed by atoms with E-state index in [0.29, 0.717) is 5.66 Å². The molecule has 1 saturated heterocycles. The molecule has 0 saturated carbocycles. The van der Waals surface area contributed by atoms with Gasteiger partial charge in [-0.1, -0.05) is 81.0 Å². The number of aryl methyl sites for hydroxylation is 2. The van der Waals surface area contributed by atoms with E-state index in [0.717, 1.165) is 5.66 Å². The molecule has 0 aromatic heterocycles. The Morgan fingerprint density at radius 1 is 1.00 bits per heavy atom. The van der Waals surface area contributed by atoms with Crippen molar-refractivity contribution in [3.63, 3.8) is 0 Å². The average molecular weight is 440 g/mol. The Bertz CT molecular complexity index is 801. The molecular weight excluding hydrogens is 400 g/mol. The number of rotatable bonds is 9. The van der Waals surface area contributed by atoms with Gasteiger partial charge in [0.05, 0.1) is 0 Å². The summed E-state index contributed by atoms with van der Waals surface area (Å²) in [5.41, 5.74) is 5.78. The molecule has 1 heterocycles. The highest BCUT2D eigenvalue weighted by atomic mass is 31.2. The van der Waals surface area contributed by atoms with E-state index >= 15 is 0 Å². The first kappa shape index (κ1) is 23.7. The fourth-order valence-corrected chi connectivity index (χ4v) is 12.5. The summed E-state index contributed by atoms with van der Waals surface area (Å²) >= 11 is 0. The first-order valence-corrected chi connectivity index (χ1v) is 14.3. The molecule has 1 nitrogen and oxygen atoms in total. The van der Waals surface area contributed by atoms with Gasteiger partial charge in [-0.25, -0.2) is 0 Å². The zero-order chi connectivity index (χ0) is 21.7. The molecular formula is C27H39NP2. The van der Waals surface area contributed by atoms with Crippen molar-refractivity contribution in [1.29, 1.82) is 0 Å². The lowest BCUT2D eigenvalue weighted by atomic mass is 10.1. The van der Waals surface area contributed by atoms with E-state index in [2.05, 4.69) is 94.2 Å². The normalized spacial score (nSPS) is 21.5. The average Bonchev–Trinajstić information content (AvgIpc) is 3.17. The molecule has 3 rings (SSSR count). The first-order valence-electron chi connectivity index (χ1n) is 11.6. The van der Waals surface area contributed by atoms with Crippen molar-refractivity contribution in [2.45, 2.75) is 78.0 Å². The summed E-state index contributed by atoms with van der Waals surface area (Å²) in [5.74, 6) is 0. The lowest BCUT2D eigenvalue weighted by molar-refractivity contribution is 0.629. The molecule has 30 heavy (non-hydrogen) atoms. The highest BCUT2D eigenvalue weighted by molar-refractivity contribution is 7.80. The van der Waals surface area contributed by atoms with Gasteiger partial charge >= 0.3 is 0 Å². The summed E-state index contributed by atoms with van der Waals surface area (Å²) in [5, 5.41) is 3.09. The van der Waals surface area contributed by atoms with E-state index in [4.69, 9.17) is 0 Å². The quantitative estimate of drug-likeness (QED) is 0.286. The molecule has 0 spiro atoms. The van der Waals surface area contributed by atoms with Crippen LogP contribution in [0.5, 0.6) is 0 Å². The summed E-state index contributed by atoms with van der Waals surface area (Å²) in [4.78, 5) is 0. The molecule has 1 aliphatic heterocycles. The van der Waals surface area contributed by atoms with Crippen molar-refractivity contribution >= 4 is 26.8 Å². The summed E-state index contributed by atoms with van der Waals surface area (Å²) in [6.45, 7) is 17.3. The van der Waals surface area contributed by atoms with Crippen molar-refractivity contribution in [2.75, 3.05) is 6.54 Å². The zero-order valence-corrected chi connectivity index (χ0v) is 21.4. The van der Waals surface area contributed by atoms with Gasteiger partial charge in [0.1, 0.15) is 0 Å². The summed E-state index contributed by atoms with van der Waals surface area (Å²) in [6, 6.07) is 18.3. The number of nitrogens with zero attached hydrogens (tertiary/aromatic N) is 1. The number of allylic oxidation sites excluding steroid dienone is 1. The third-order valence-corrected chi connectivity index (χ3v) is 13.6. The third-order valence-electron chi connectivity index (χ3n) is 6.40. The van der Waals surface area contributed by atoms with Crippen LogP contribution in [0, 0.1) is 13.8 Å². The predicted molar refractivity (Wildman–Crippen MR) is 139 cm³/mol. The Morgan fingerprint density at radius 3 is 2.03 bits per heavy atom. The van der Waals surface area contributed by atoms with Crippen LogP contribution in [0.25, 0.3) is 0 Å². The first-order chi connectivity index (χ1) is 14.5. The van der Waals surface area contributed by atoms with Crippen molar-refractivity contribution in [2.24, 2.45) is 0 Å². The van der Waals surface area contributed by atoms with Crippen LogP contribution in [-0.2, 0) is 0 Å². The highest BCUT2D eigenvalue weighted by Gasteiger charge is 2.42. The number of benzene rings is 2.